The number of rotatable bonds is 3. The average molecular weight is 188 g/mol. The molecule has 14 heavy (non-hydrogen) atoms. The van der Waals surface area contributed by atoms with Gasteiger partial charge in [-0.05, 0) is 30.8 Å². The predicted octanol–water partition coefficient (Wildman–Crippen LogP) is 2.06. The van der Waals surface area contributed by atoms with Crippen molar-refractivity contribution in [2.45, 2.75) is 6.54 Å². The summed E-state index contributed by atoms with van der Waals surface area (Å²) in [5.74, 6) is 0.816. The minimum atomic E-state index is 0.796. The molecule has 0 radical (unpaired) electrons. The van der Waals surface area contributed by atoms with E-state index in [4.69, 9.17) is 4.42 Å². The zero-order chi connectivity index (χ0) is 9.80. The maximum Gasteiger partial charge on any atom is 0.152 e. The lowest BCUT2D eigenvalue weighted by Gasteiger charge is -2.04. The summed E-state index contributed by atoms with van der Waals surface area (Å²) in [5.41, 5.74) is 2.05. The second kappa shape index (κ2) is 4.07. The molecule has 3 nitrogen and oxygen atoms in total. The Labute approximate surface area is 82.8 Å². The summed E-state index contributed by atoms with van der Waals surface area (Å²) in [6, 6.07) is 7.76. The van der Waals surface area contributed by atoms with Crippen molar-refractivity contribution in [1.29, 1.82) is 0 Å². The van der Waals surface area contributed by atoms with Crippen LogP contribution in [-0.4, -0.2) is 12.0 Å². The monoisotopic (exact) mass is 188 g/mol. The fraction of sp³-hybridized carbons (Fsp3) is 0.182. The first-order valence-corrected chi connectivity index (χ1v) is 4.54. The highest BCUT2D eigenvalue weighted by molar-refractivity contribution is 5.56. The summed E-state index contributed by atoms with van der Waals surface area (Å²) in [6.07, 6.45) is 3.43. The number of nitrogens with one attached hydrogen (secondary N) is 1. The van der Waals surface area contributed by atoms with E-state index in [0.717, 1.165) is 23.6 Å². The molecule has 0 fully saturated rings. The molecule has 0 saturated heterocycles. The van der Waals surface area contributed by atoms with Crippen LogP contribution in [0.25, 0.3) is 11.5 Å². The molecular formula is C11H12N2O. The van der Waals surface area contributed by atoms with Crippen LogP contribution in [0.3, 0.4) is 0 Å². The Kier molecular flexibility index (Phi) is 2.60. The Balaban J connectivity index is 2.42. The van der Waals surface area contributed by atoms with E-state index in [1.54, 1.807) is 12.5 Å². The van der Waals surface area contributed by atoms with Crippen molar-refractivity contribution in [3.05, 3.63) is 42.3 Å². The summed E-state index contributed by atoms with van der Waals surface area (Å²) in [7, 11) is 1.92. The molecule has 0 aromatic carbocycles. The van der Waals surface area contributed by atoms with E-state index in [1.807, 2.05) is 31.3 Å². The van der Waals surface area contributed by atoms with Crippen molar-refractivity contribution < 1.29 is 4.42 Å². The molecule has 0 saturated carbocycles. The molecule has 0 aliphatic heterocycles. The number of furan rings is 1. The zero-order valence-electron chi connectivity index (χ0n) is 8.03. The van der Waals surface area contributed by atoms with Gasteiger partial charge >= 0.3 is 0 Å². The van der Waals surface area contributed by atoms with E-state index in [-0.39, 0.29) is 0 Å². The summed E-state index contributed by atoms with van der Waals surface area (Å²) >= 11 is 0. The van der Waals surface area contributed by atoms with Gasteiger partial charge in [-0.2, -0.15) is 0 Å². The first-order chi connectivity index (χ1) is 6.92. The highest BCUT2D eigenvalue weighted by Crippen LogP contribution is 2.20. The normalized spacial score (nSPS) is 10.4. The lowest BCUT2D eigenvalue weighted by Crippen LogP contribution is -2.06. The molecule has 0 bridgehead atoms. The Hall–Kier alpha value is -1.61. The van der Waals surface area contributed by atoms with Gasteiger partial charge in [0.2, 0.25) is 0 Å². The van der Waals surface area contributed by atoms with Crippen LogP contribution in [0, 0.1) is 0 Å². The molecule has 2 rings (SSSR count). The van der Waals surface area contributed by atoms with E-state index in [9.17, 15) is 0 Å². The fourth-order valence-electron chi connectivity index (χ4n) is 1.41. The standard InChI is InChI=1S/C11H12N2O/c1-12-8-9-4-2-6-13-11(9)10-5-3-7-14-10/h2-7,12H,8H2,1H3. The number of aromatic nitrogens is 1. The van der Waals surface area contributed by atoms with Gasteiger partial charge < -0.3 is 9.73 Å². The molecule has 2 aromatic heterocycles. The molecule has 0 aliphatic carbocycles. The van der Waals surface area contributed by atoms with Crippen LogP contribution in [0.2, 0.25) is 0 Å². The molecule has 72 valence electrons. The molecule has 0 atom stereocenters. The van der Waals surface area contributed by atoms with Gasteiger partial charge in [0.15, 0.2) is 5.76 Å². The SMILES string of the molecule is CNCc1cccnc1-c1ccco1. The lowest BCUT2D eigenvalue weighted by molar-refractivity contribution is 0.578. The Morgan fingerprint density at radius 1 is 1.36 bits per heavy atom. The van der Waals surface area contributed by atoms with Gasteiger partial charge in [0, 0.05) is 12.7 Å². The largest absolute Gasteiger partial charge is 0.463 e. The van der Waals surface area contributed by atoms with Crippen LogP contribution in [0.1, 0.15) is 5.56 Å². The summed E-state index contributed by atoms with van der Waals surface area (Å²) < 4.78 is 5.32. The highest BCUT2D eigenvalue weighted by atomic mass is 16.3. The zero-order valence-corrected chi connectivity index (χ0v) is 8.03. The van der Waals surface area contributed by atoms with E-state index in [2.05, 4.69) is 10.3 Å². The van der Waals surface area contributed by atoms with Crippen molar-refractivity contribution in [3.63, 3.8) is 0 Å². The molecule has 0 unspecified atom stereocenters. The van der Waals surface area contributed by atoms with Crippen molar-refractivity contribution in [2.75, 3.05) is 7.05 Å². The number of hydrogen-bond acceptors (Lipinski definition) is 3. The molecule has 0 aliphatic rings. The van der Waals surface area contributed by atoms with Gasteiger partial charge in [-0.25, -0.2) is 0 Å². The van der Waals surface area contributed by atoms with Crippen LogP contribution >= 0.6 is 0 Å². The third-order valence-corrected chi connectivity index (χ3v) is 2.01. The van der Waals surface area contributed by atoms with Crippen molar-refractivity contribution in [3.8, 4) is 11.5 Å². The first kappa shape index (κ1) is 8.97. The molecule has 3 heteroatoms. The van der Waals surface area contributed by atoms with Crippen LogP contribution in [-0.2, 0) is 6.54 Å². The summed E-state index contributed by atoms with van der Waals surface area (Å²) in [6.45, 7) is 0.796. The molecule has 2 heterocycles. The molecular weight excluding hydrogens is 176 g/mol. The molecule has 0 spiro atoms. The minimum Gasteiger partial charge on any atom is -0.463 e. The van der Waals surface area contributed by atoms with Gasteiger partial charge in [0.1, 0.15) is 5.69 Å². The van der Waals surface area contributed by atoms with E-state index in [0.29, 0.717) is 0 Å². The summed E-state index contributed by atoms with van der Waals surface area (Å²) in [4.78, 5) is 4.31. The van der Waals surface area contributed by atoms with Crippen LogP contribution in [0.15, 0.2) is 41.1 Å². The smallest absolute Gasteiger partial charge is 0.152 e. The average Bonchev–Trinajstić information content (AvgIpc) is 2.72. The topological polar surface area (TPSA) is 38.1 Å². The molecule has 1 N–H and O–H groups in total. The van der Waals surface area contributed by atoms with Crippen LogP contribution in [0.4, 0.5) is 0 Å². The molecule has 0 amide bonds. The van der Waals surface area contributed by atoms with Gasteiger partial charge in [-0.3, -0.25) is 4.98 Å². The van der Waals surface area contributed by atoms with Crippen LogP contribution in [0.5, 0.6) is 0 Å². The van der Waals surface area contributed by atoms with E-state index >= 15 is 0 Å². The molecule has 2 aromatic rings. The number of nitrogens with zero attached hydrogens (tertiary/aromatic N) is 1. The van der Waals surface area contributed by atoms with Gasteiger partial charge in [-0.1, -0.05) is 6.07 Å². The second-order valence-corrected chi connectivity index (χ2v) is 3.02. The van der Waals surface area contributed by atoms with Crippen molar-refractivity contribution >= 4 is 0 Å². The van der Waals surface area contributed by atoms with E-state index < -0.39 is 0 Å². The Morgan fingerprint density at radius 3 is 3.00 bits per heavy atom. The minimum absolute atomic E-state index is 0.796. The fourth-order valence-corrected chi connectivity index (χ4v) is 1.41. The maximum absolute atomic E-state index is 5.32. The van der Waals surface area contributed by atoms with Crippen molar-refractivity contribution in [1.82, 2.24) is 10.3 Å². The van der Waals surface area contributed by atoms with Crippen molar-refractivity contribution in [2.24, 2.45) is 0 Å². The van der Waals surface area contributed by atoms with Gasteiger partial charge in [-0.15, -0.1) is 0 Å². The van der Waals surface area contributed by atoms with Gasteiger partial charge in [0.05, 0.1) is 6.26 Å². The Morgan fingerprint density at radius 2 is 2.29 bits per heavy atom. The third kappa shape index (κ3) is 1.67. The quantitative estimate of drug-likeness (QED) is 0.801. The third-order valence-electron chi connectivity index (χ3n) is 2.01. The predicted molar refractivity (Wildman–Crippen MR) is 54.7 cm³/mol. The maximum atomic E-state index is 5.32. The number of pyridine rings is 1. The first-order valence-electron chi connectivity index (χ1n) is 4.54. The van der Waals surface area contributed by atoms with E-state index in [1.165, 1.54) is 0 Å². The second-order valence-electron chi connectivity index (χ2n) is 3.02. The number of hydrogen-bond donors (Lipinski definition) is 1. The highest BCUT2D eigenvalue weighted by Gasteiger charge is 2.06. The van der Waals surface area contributed by atoms with Crippen LogP contribution < -0.4 is 5.32 Å². The summed E-state index contributed by atoms with van der Waals surface area (Å²) in [5, 5.41) is 3.10. The Bertz CT molecular complexity index is 395. The lowest BCUT2D eigenvalue weighted by atomic mass is 10.1. The van der Waals surface area contributed by atoms with Gasteiger partial charge in [0.25, 0.3) is 0 Å².